The van der Waals surface area contributed by atoms with Gasteiger partial charge in [-0.1, -0.05) is 24.3 Å². The molecule has 6 rings (SSSR count). The summed E-state index contributed by atoms with van der Waals surface area (Å²) in [6.07, 6.45) is 0.944. The number of benzene rings is 3. The number of hydrogen-bond donors (Lipinski definition) is 2. The largest absolute Gasteiger partial charge is 0.494 e. The third-order valence-electron chi connectivity index (χ3n) is 9.78. The van der Waals surface area contributed by atoms with E-state index in [2.05, 4.69) is 50.8 Å². The van der Waals surface area contributed by atoms with Crippen molar-refractivity contribution in [1.29, 1.82) is 0 Å². The van der Waals surface area contributed by atoms with Crippen molar-refractivity contribution >= 4 is 39.9 Å². The van der Waals surface area contributed by atoms with Crippen LogP contribution in [-0.4, -0.2) is 141 Å². The molecule has 0 spiro atoms. The van der Waals surface area contributed by atoms with E-state index in [0.29, 0.717) is 40.0 Å². The molecule has 2 N–H and O–H groups in total. The Balaban J connectivity index is 1.28. The van der Waals surface area contributed by atoms with E-state index in [-0.39, 0.29) is 11.8 Å². The highest BCUT2D eigenvalue weighted by Gasteiger charge is 2.22. The number of likely N-dealkylation sites (N-methyl/N-ethyl adjacent to an activating group) is 3. The van der Waals surface area contributed by atoms with Crippen LogP contribution in [0.5, 0.6) is 5.88 Å². The van der Waals surface area contributed by atoms with E-state index in [4.69, 9.17) is 9.73 Å². The molecule has 2 saturated heterocycles. The summed E-state index contributed by atoms with van der Waals surface area (Å²) < 4.78 is 4.97. The lowest BCUT2D eigenvalue weighted by Crippen LogP contribution is -2.48. The van der Waals surface area contributed by atoms with E-state index in [9.17, 15) is 14.7 Å². The minimum Gasteiger partial charge on any atom is -0.494 e. The van der Waals surface area contributed by atoms with Crippen LogP contribution in [0.2, 0.25) is 0 Å². The van der Waals surface area contributed by atoms with Gasteiger partial charge in [-0.25, -0.2) is 9.79 Å². The van der Waals surface area contributed by atoms with Gasteiger partial charge in [0.2, 0.25) is 5.91 Å². The van der Waals surface area contributed by atoms with Gasteiger partial charge in [0.1, 0.15) is 0 Å². The molecule has 1 aromatic heterocycles. The summed E-state index contributed by atoms with van der Waals surface area (Å²) in [6.45, 7) is 9.42. The molecule has 0 aliphatic carbocycles. The number of anilines is 1. The number of fused-ring (bicyclic) bond motifs is 1. The van der Waals surface area contributed by atoms with Gasteiger partial charge in [-0.05, 0) is 68.5 Å². The molecule has 258 valence electrons. The topological polar surface area (TPSA) is 108 Å². The molecular weight excluding hydrogens is 618 g/mol. The number of methoxy groups -OCH3 is 1. The highest BCUT2D eigenvalue weighted by Crippen LogP contribution is 2.33. The maximum Gasteiger partial charge on any atom is 0.337 e. The van der Waals surface area contributed by atoms with Crippen LogP contribution in [-0.2, 0) is 16.0 Å². The molecule has 0 atom stereocenters. The Kier molecular flexibility index (Phi) is 10.7. The lowest BCUT2D eigenvalue weighted by molar-refractivity contribution is -0.119. The van der Waals surface area contributed by atoms with E-state index >= 15 is 0 Å². The molecule has 0 bridgehead atoms. The maximum absolute atomic E-state index is 13.1. The van der Waals surface area contributed by atoms with E-state index in [1.807, 2.05) is 36.4 Å². The summed E-state index contributed by atoms with van der Waals surface area (Å²) in [4.78, 5) is 44.7. The molecule has 0 radical (unpaired) electrons. The average Bonchev–Trinajstić information content (AvgIpc) is 3.45. The molecule has 11 heteroatoms. The Hall–Kier alpha value is -4.55. The number of carbonyl (C=O) groups excluding carboxylic acids is 2. The van der Waals surface area contributed by atoms with Gasteiger partial charge in [-0.15, -0.1) is 0 Å². The number of ether oxygens (including phenoxy) is 1. The number of aromatic hydroxyl groups is 1. The third-order valence-corrected chi connectivity index (χ3v) is 9.78. The number of rotatable bonds is 10. The minimum atomic E-state index is -0.460. The van der Waals surface area contributed by atoms with E-state index in [0.717, 1.165) is 76.6 Å². The fourth-order valence-electron chi connectivity index (χ4n) is 6.44. The standard InChI is InChI=1S/C38H47N7O4/c1-41-17-21-44(22-18-41)16-15-27-5-7-28(8-6-27)36(35-32-25-29(38(48)49-4)9-14-33(32)40-37(35)47)39-30-10-12-31(13-11-30)43(3)34(46)26-45-23-19-42(2)20-24-45/h5-14,25,40,47H,15-24,26H2,1-4H3. The zero-order valence-corrected chi connectivity index (χ0v) is 29.0. The number of piperazine rings is 2. The fraction of sp³-hybridized carbons (Fsp3) is 0.395. The van der Waals surface area contributed by atoms with Crippen molar-refractivity contribution in [2.75, 3.05) is 98.6 Å². The Bertz CT molecular complexity index is 1790. The van der Waals surface area contributed by atoms with Gasteiger partial charge < -0.3 is 34.4 Å². The van der Waals surface area contributed by atoms with Gasteiger partial charge in [0.25, 0.3) is 0 Å². The molecule has 4 aromatic rings. The van der Waals surface area contributed by atoms with Crippen LogP contribution in [0.3, 0.4) is 0 Å². The number of nitrogens with zero attached hydrogens (tertiary/aromatic N) is 6. The monoisotopic (exact) mass is 665 g/mol. The molecule has 3 aromatic carbocycles. The molecule has 49 heavy (non-hydrogen) atoms. The van der Waals surface area contributed by atoms with Crippen LogP contribution in [0.1, 0.15) is 27.0 Å². The molecule has 0 saturated carbocycles. The molecule has 2 aliphatic heterocycles. The normalized spacial score (nSPS) is 17.0. The van der Waals surface area contributed by atoms with Crippen LogP contribution >= 0.6 is 0 Å². The van der Waals surface area contributed by atoms with Gasteiger partial charge in [-0.3, -0.25) is 9.69 Å². The smallest absolute Gasteiger partial charge is 0.337 e. The Labute approximate surface area is 288 Å². The van der Waals surface area contributed by atoms with Crippen molar-refractivity contribution in [1.82, 2.24) is 24.6 Å². The number of H-pyrrole nitrogens is 1. The van der Waals surface area contributed by atoms with E-state index < -0.39 is 5.97 Å². The van der Waals surface area contributed by atoms with Crippen LogP contribution in [0.15, 0.2) is 71.7 Å². The number of esters is 1. The van der Waals surface area contributed by atoms with Crippen molar-refractivity contribution in [3.05, 3.63) is 89.0 Å². The Morgan fingerprint density at radius 2 is 1.45 bits per heavy atom. The molecule has 2 aliphatic rings. The number of hydrogen-bond acceptors (Lipinski definition) is 9. The van der Waals surface area contributed by atoms with Crippen LogP contribution < -0.4 is 4.90 Å². The Morgan fingerprint density at radius 3 is 2.08 bits per heavy atom. The zero-order chi connectivity index (χ0) is 34.5. The van der Waals surface area contributed by atoms with E-state index in [1.54, 1.807) is 30.1 Å². The second-order valence-corrected chi connectivity index (χ2v) is 13.2. The molecule has 2 fully saturated rings. The summed E-state index contributed by atoms with van der Waals surface area (Å²) in [6, 6.07) is 21.0. The number of amides is 1. The summed E-state index contributed by atoms with van der Waals surface area (Å²) in [5.74, 6) is -0.460. The third kappa shape index (κ3) is 8.19. The van der Waals surface area contributed by atoms with Gasteiger partial charge in [0.05, 0.1) is 36.2 Å². The molecule has 11 nitrogen and oxygen atoms in total. The number of aromatic amines is 1. The number of carbonyl (C=O) groups is 2. The van der Waals surface area contributed by atoms with Crippen molar-refractivity contribution in [2.24, 2.45) is 4.99 Å². The quantitative estimate of drug-likeness (QED) is 0.195. The predicted molar refractivity (Wildman–Crippen MR) is 194 cm³/mol. The summed E-state index contributed by atoms with van der Waals surface area (Å²) >= 11 is 0. The molecule has 0 unspecified atom stereocenters. The SMILES string of the molecule is COC(=O)c1ccc2[nH]c(O)c(C(=Nc3ccc(N(C)C(=O)CN4CCN(C)CC4)cc3)c3ccc(CCN4CCN(C)CC4)cc3)c2c1. The molecular formula is C38H47N7O4. The first-order valence-corrected chi connectivity index (χ1v) is 17.0. The number of aromatic nitrogens is 1. The van der Waals surface area contributed by atoms with Crippen LogP contribution in [0.25, 0.3) is 10.9 Å². The minimum absolute atomic E-state index is 0.0410. The van der Waals surface area contributed by atoms with E-state index in [1.165, 1.54) is 12.7 Å². The first-order valence-electron chi connectivity index (χ1n) is 17.0. The van der Waals surface area contributed by atoms with Gasteiger partial charge in [-0.2, -0.15) is 0 Å². The second-order valence-electron chi connectivity index (χ2n) is 13.2. The number of nitrogens with one attached hydrogen (secondary N) is 1. The fourth-order valence-corrected chi connectivity index (χ4v) is 6.44. The maximum atomic E-state index is 13.1. The average molecular weight is 666 g/mol. The summed E-state index contributed by atoms with van der Waals surface area (Å²) in [5, 5.41) is 11.9. The first kappa shape index (κ1) is 34.3. The molecule has 1 amide bonds. The van der Waals surface area contributed by atoms with Gasteiger partial charge in [0, 0.05) is 88.1 Å². The second kappa shape index (κ2) is 15.3. The van der Waals surface area contributed by atoms with Crippen LogP contribution in [0.4, 0.5) is 11.4 Å². The lowest BCUT2D eigenvalue weighted by atomic mass is 9.98. The molecule has 3 heterocycles. The van der Waals surface area contributed by atoms with Gasteiger partial charge >= 0.3 is 5.97 Å². The van der Waals surface area contributed by atoms with Crippen molar-refractivity contribution in [2.45, 2.75) is 6.42 Å². The predicted octanol–water partition coefficient (Wildman–Crippen LogP) is 3.83. The van der Waals surface area contributed by atoms with Gasteiger partial charge in [0.15, 0.2) is 5.88 Å². The highest BCUT2D eigenvalue weighted by atomic mass is 16.5. The Morgan fingerprint density at radius 1 is 0.837 bits per heavy atom. The summed E-state index contributed by atoms with van der Waals surface area (Å²) in [5.41, 5.74) is 5.60. The van der Waals surface area contributed by atoms with Crippen molar-refractivity contribution < 1.29 is 19.4 Å². The van der Waals surface area contributed by atoms with Crippen molar-refractivity contribution in [3.63, 3.8) is 0 Å². The lowest BCUT2D eigenvalue weighted by Gasteiger charge is -2.32. The summed E-state index contributed by atoms with van der Waals surface area (Å²) in [7, 11) is 7.42. The zero-order valence-electron chi connectivity index (χ0n) is 29.0. The first-order chi connectivity index (χ1) is 23.7. The highest BCUT2D eigenvalue weighted by molar-refractivity contribution is 6.22. The van der Waals surface area contributed by atoms with Crippen LogP contribution in [0, 0.1) is 0 Å². The number of aliphatic imine (C=N–C) groups is 1. The van der Waals surface area contributed by atoms with Crippen molar-refractivity contribution in [3.8, 4) is 5.88 Å².